The van der Waals surface area contributed by atoms with Crippen LogP contribution in [0.15, 0.2) is 0 Å². The summed E-state index contributed by atoms with van der Waals surface area (Å²) >= 11 is 0. The first-order chi connectivity index (χ1) is 49.7. The van der Waals surface area contributed by atoms with Crippen LogP contribution in [0.4, 0.5) is 0 Å². The molecule has 2 unspecified atom stereocenters. The SMILES string of the molecule is CCCCCCCCCCCCCCCCCCC(=O)O[C@H](COC(=O)CCCCCCCCCCCC(C)C)COP(=O)(O)OC[C@H](O)COP(=O)(O)OC[C@@H](COC(=O)CCCCCCCCCCCCCCCCC(C)C)OC(=O)CCCCCCCCCCCCCCCCCC(C)C. The number of hydrogen-bond acceptors (Lipinski definition) is 15. The largest absolute Gasteiger partial charge is 0.472 e. The second-order valence-corrected chi connectivity index (χ2v) is 34.6. The van der Waals surface area contributed by atoms with E-state index in [0.29, 0.717) is 25.7 Å². The predicted molar refractivity (Wildman–Crippen MR) is 423 cm³/mol. The number of ether oxygens (including phenoxy) is 4. The zero-order valence-electron chi connectivity index (χ0n) is 67.8. The molecular formula is C84H164O17P2. The Hall–Kier alpha value is -1.94. The van der Waals surface area contributed by atoms with Gasteiger partial charge in [-0.3, -0.25) is 37.3 Å². The minimum Gasteiger partial charge on any atom is -0.462 e. The number of carbonyl (C=O) groups is 4. The quantitative estimate of drug-likeness (QED) is 0.0222. The van der Waals surface area contributed by atoms with E-state index in [9.17, 15) is 43.2 Å². The third kappa shape index (κ3) is 78.0. The zero-order valence-corrected chi connectivity index (χ0v) is 69.6. The van der Waals surface area contributed by atoms with Gasteiger partial charge in [0.2, 0.25) is 0 Å². The maximum Gasteiger partial charge on any atom is 0.472 e. The predicted octanol–water partition coefficient (Wildman–Crippen LogP) is 25.3. The van der Waals surface area contributed by atoms with Crippen LogP contribution in [0, 0.1) is 17.8 Å². The van der Waals surface area contributed by atoms with Crippen LogP contribution in [-0.4, -0.2) is 96.7 Å². The highest BCUT2D eigenvalue weighted by atomic mass is 31.2. The summed E-state index contributed by atoms with van der Waals surface area (Å²) in [6.07, 6.45) is 63.7. The normalized spacial score (nSPS) is 13.9. The number of esters is 4. The molecule has 0 bridgehead atoms. The molecule has 0 aromatic carbocycles. The lowest BCUT2D eigenvalue weighted by atomic mass is 10.0. The van der Waals surface area contributed by atoms with Gasteiger partial charge >= 0.3 is 39.5 Å². The van der Waals surface area contributed by atoms with Crippen molar-refractivity contribution in [3.8, 4) is 0 Å². The highest BCUT2D eigenvalue weighted by Crippen LogP contribution is 2.45. The molecule has 0 spiro atoms. The van der Waals surface area contributed by atoms with Crippen molar-refractivity contribution in [2.45, 2.75) is 458 Å². The first-order valence-electron chi connectivity index (χ1n) is 43.3. The second-order valence-electron chi connectivity index (χ2n) is 31.6. The molecule has 5 atom stereocenters. The summed E-state index contributed by atoms with van der Waals surface area (Å²) in [5.74, 6) is 0.240. The molecule has 19 heteroatoms. The Morgan fingerprint density at radius 3 is 0.660 bits per heavy atom. The Balaban J connectivity index is 5.27. The summed E-state index contributed by atoms with van der Waals surface area (Å²) in [6.45, 7) is 12.0. The number of phosphoric acid groups is 2. The van der Waals surface area contributed by atoms with E-state index in [1.54, 1.807) is 0 Å². The number of phosphoric ester groups is 2. The van der Waals surface area contributed by atoms with Crippen LogP contribution in [0.3, 0.4) is 0 Å². The Morgan fingerprint density at radius 2 is 0.447 bits per heavy atom. The van der Waals surface area contributed by atoms with Gasteiger partial charge in [0, 0.05) is 25.7 Å². The van der Waals surface area contributed by atoms with E-state index in [2.05, 4.69) is 48.5 Å². The van der Waals surface area contributed by atoms with Gasteiger partial charge in [-0.2, -0.15) is 0 Å². The number of hydrogen-bond donors (Lipinski definition) is 3. The smallest absolute Gasteiger partial charge is 0.462 e. The second kappa shape index (κ2) is 74.2. The average molecular weight is 1510 g/mol. The van der Waals surface area contributed by atoms with Gasteiger partial charge in [-0.1, -0.05) is 389 Å². The fourth-order valence-corrected chi connectivity index (χ4v) is 14.6. The Bertz CT molecular complexity index is 1990. The number of unbranched alkanes of at least 4 members (excludes halogenated alkanes) is 50. The van der Waals surface area contributed by atoms with E-state index in [-0.39, 0.29) is 25.7 Å². The van der Waals surface area contributed by atoms with E-state index in [1.165, 1.54) is 250 Å². The van der Waals surface area contributed by atoms with Crippen LogP contribution in [0.2, 0.25) is 0 Å². The minimum absolute atomic E-state index is 0.108. The van der Waals surface area contributed by atoms with Gasteiger partial charge in [-0.15, -0.1) is 0 Å². The molecule has 3 N–H and O–H groups in total. The number of aliphatic hydroxyl groups excluding tert-OH is 1. The Kier molecular flexibility index (Phi) is 72.8. The molecule has 0 saturated carbocycles. The van der Waals surface area contributed by atoms with Gasteiger partial charge in [0.1, 0.15) is 19.3 Å². The molecule has 0 aromatic heterocycles. The zero-order chi connectivity index (χ0) is 75.8. The molecule has 0 saturated heterocycles. The highest BCUT2D eigenvalue weighted by Gasteiger charge is 2.30. The fraction of sp³-hybridized carbons (Fsp3) is 0.952. The van der Waals surface area contributed by atoms with Crippen molar-refractivity contribution in [2.75, 3.05) is 39.6 Å². The van der Waals surface area contributed by atoms with Crippen LogP contribution < -0.4 is 0 Å². The average Bonchev–Trinajstić information content (AvgIpc) is 0.906. The molecule has 0 radical (unpaired) electrons. The summed E-state index contributed by atoms with van der Waals surface area (Å²) in [6, 6.07) is 0. The maximum atomic E-state index is 13.1. The van der Waals surface area contributed by atoms with Crippen molar-refractivity contribution >= 4 is 39.5 Å². The van der Waals surface area contributed by atoms with E-state index >= 15 is 0 Å². The number of rotatable bonds is 82. The van der Waals surface area contributed by atoms with Crippen molar-refractivity contribution in [2.24, 2.45) is 17.8 Å². The van der Waals surface area contributed by atoms with Crippen molar-refractivity contribution in [1.29, 1.82) is 0 Å². The van der Waals surface area contributed by atoms with Crippen LogP contribution in [-0.2, 0) is 65.4 Å². The summed E-state index contributed by atoms with van der Waals surface area (Å²) in [5.41, 5.74) is 0. The fourth-order valence-electron chi connectivity index (χ4n) is 13.0. The molecule has 103 heavy (non-hydrogen) atoms. The first kappa shape index (κ1) is 101. The Labute approximate surface area is 632 Å². The van der Waals surface area contributed by atoms with E-state index < -0.39 is 97.5 Å². The number of carbonyl (C=O) groups excluding carboxylic acids is 4. The molecule has 0 fully saturated rings. The van der Waals surface area contributed by atoms with Gasteiger partial charge in [0.05, 0.1) is 26.4 Å². The van der Waals surface area contributed by atoms with E-state index in [4.69, 9.17) is 37.0 Å². The van der Waals surface area contributed by atoms with Gasteiger partial charge in [0.25, 0.3) is 0 Å². The van der Waals surface area contributed by atoms with Gasteiger partial charge in [-0.25, -0.2) is 9.13 Å². The summed E-state index contributed by atoms with van der Waals surface area (Å²) < 4.78 is 68.9. The Morgan fingerprint density at radius 1 is 0.262 bits per heavy atom. The molecule has 0 aliphatic heterocycles. The maximum absolute atomic E-state index is 13.1. The lowest BCUT2D eigenvalue weighted by Gasteiger charge is -2.21. The van der Waals surface area contributed by atoms with Gasteiger partial charge in [-0.05, 0) is 43.4 Å². The van der Waals surface area contributed by atoms with Crippen molar-refractivity contribution in [3.63, 3.8) is 0 Å². The summed E-state index contributed by atoms with van der Waals surface area (Å²) in [5, 5.41) is 10.7. The van der Waals surface area contributed by atoms with Crippen LogP contribution in [0.5, 0.6) is 0 Å². The molecule has 0 aromatic rings. The molecule has 0 heterocycles. The standard InChI is InChI=1S/C84H164O17P2/c1-8-9-10-11-12-13-14-15-16-19-26-31-38-46-53-60-67-84(89)101-80(72-95-82(87)66-59-52-45-40-33-36-43-50-57-64-77(6)7)74-99-103(92,93)97-70-78(85)69-96-102(90,91)98-73-79(71-94-81(86)65-58-51-44-37-30-25-22-21-24-29-35-42-49-56-63-76(4)5)100-83(88)68-61-54-47-39-32-27-20-17-18-23-28-34-41-48-55-62-75(2)3/h75-80,85H,8-74H2,1-7H3,(H,90,91)(H,92,93)/t78-,79-,80-/m1/s1. The lowest BCUT2D eigenvalue weighted by molar-refractivity contribution is -0.161. The van der Waals surface area contributed by atoms with Gasteiger partial charge in [0.15, 0.2) is 12.2 Å². The third-order valence-electron chi connectivity index (χ3n) is 19.6. The highest BCUT2D eigenvalue weighted by molar-refractivity contribution is 7.47. The summed E-state index contributed by atoms with van der Waals surface area (Å²) in [4.78, 5) is 73.2. The van der Waals surface area contributed by atoms with Crippen LogP contribution in [0.1, 0.15) is 440 Å². The van der Waals surface area contributed by atoms with Crippen LogP contribution in [0.25, 0.3) is 0 Å². The minimum atomic E-state index is -4.96. The van der Waals surface area contributed by atoms with Crippen molar-refractivity contribution < 1.29 is 80.2 Å². The molecule has 0 aliphatic carbocycles. The molecule has 0 rings (SSSR count). The molecule has 17 nitrogen and oxygen atoms in total. The van der Waals surface area contributed by atoms with Crippen molar-refractivity contribution in [1.82, 2.24) is 0 Å². The van der Waals surface area contributed by atoms with Crippen molar-refractivity contribution in [3.05, 3.63) is 0 Å². The monoisotopic (exact) mass is 1510 g/mol. The van der Waals surface area contributed by atoms with Gasteiger partial charge < -0.3 is 33.8 Å². The molecule has 0 amide bonds. The first-order valence-corrected chi connectivity index (χ1v) is 46.3. The summed E-state index contributed by atoms with van der Waals surface area (Å²) in [7, 11) is -9.93. The molecular weight excluding hydrogens is 1340 g/mol. The lowest BCUT2D eigenvalue weighted by Crippen LogP contribution is -2.30. The van der Waals surface area contributed by atoms with E-state index in [0.717, 1.165) is 108 Å². The van der Waals surface area contributed by atoms with Crippen LogP contribution >= 0.6 is 15.6 Å². The van der Waals surface area contributed by atoms with E-state index in [1.807, 2.05) is 0 Å². The molecule has 0 aliphatic rings. The third-order valence-corrected chi connectivity index (χ3v) is 21.5. The number of aliphatic hydroxyl groups is 1. The topological polar surface area (TPSA) is 237 Å². The molecule has 612 valence electrons.